The minimum atomic E-state index is -3.40. The van der Waals surface area contributed by atoms with Crippen LogP contribution >= 0.6 is 0 Å². The third-order valence-corrected chi connectivity index (χ3v) is 7.59. The van der Waals surface area contributed by atoms with Crippen molar-refractivity contribution in [3.05, 3.63) is 65.7 Å². The van der Waals surface area contributed by atoms with Gasteiger partial charge >= 0.3 is 0 Å². The predicted molar refractivity (Wildman–Crippen MR) is 137 cm³/mol. The lowest BCUT2D eigenvalue weighted by Gasteiger charge is -2.24. The number of hydrogen-bond acceptors (Lipinski definition) is 5. The second-order valence-corrected chi connectivity index (χ2v) is 10.5. The molecule has 0 aliphatic heterocycles. The van der Waals surface area contributed by atoms with Gasteiger partial charge in [-0.15, -0.1) is 0 Å². The van der Waals surface area contributed by atoms with Gasteiger partial charge in [0.15, 0.2) is 0 Å². The molecule has 0 aromatic heterocycles. The Morgan fingerprint density at radius 3 is 2.06 bits per heavy atom. The van der Waals surface area contributed by atoms with Gasteiger partial charge in [-0.2, -0.15) is 0 Å². The van der Waals surface area contributed by atoms with Gasteiger partial charge in [0, 0.05) is 26.2 Å². The summed E-state index contributed by atoms with van der Waals surface area (Å²) in [5.74, 6) is 0.890. The van der Waals surface area contributed by atoms with Crippen molar-refractivity contribution in [2.24, 2.45) is 0 Å². The average Bonchev–Trinajstić information content (AvgIpc) is 2.80. The molecule has 0 heterocycles. The molecule has 0 saturated heterocycles. The fraction of sp³-hybridized carbons (Fsp3) is 0.538. The first-order valence-electron chi connectivity index (χ1n) is 11.9. The Morgan fingerprint density at radius 1 is 0.788 bits per heavy atom. The summed E-state index contributed by atoms with van der Waals surface area (Å²) in [5, 5.41) is 0. The minimum Gasteiger partial charge on any atom is -0.494 e. The summed E-state index contributed by atoms with van der Waals surface area (Å²) in [6.07, 6.45) is 1.67. The van der Waals surface area contributed by atoms with E-state index in [9.17, 15) is 8.42 Å². The van der Waals surface area contributed by atoms with Crippen molar-refractivity contribution in [1.29, 1.82) is 0 Å². The van der Waals surface area contributed by atoms with Crippen LogP contribution in [0.3, 0.4) is 0 Å². The first kappa shape index (κ1) is 27.3. The van der Waals surface area contributed by atoms with Crippen LogP contribution < -0.4 is 4.74 Å². The van der Waals surface area contributed by atoms with Crippen LogP contribution in [-0.2, 0) is 22.2 Å². The highest BCUT2D eigenvalue weighted by Gasteiger charge is 2.22. The van der Waals surface area contributed by atoms with Crippen molar-refractivity contribution < 1.29 is 13.2 Å². The lowest BCUT2D eigenvalue weighted by atomic mass is 10.1. The Bertz CT molecular complexity index is 883. The molecule has 2 rings (SSSR count). The molecule has 0 fully saturated rings. The van der Waals surface area contributed by atoms with Crippen molar-refractivity contribution in [2.45, 2.75) is 32.4 Å². The molecule has 0 bridgehead atoms. The quantitative estimate of drug-likeness (QED) is 0.346. The first-order valence-corrected chi connectivity index (χ1v) is 13.6. The van der Waals surface area contributed by atoms with Gasteiger partial charge in [0.05, 0.1) is 12.4 Å². The second kappa shape index (κ2) is 14.4. The van der Waals surface area contributed by atoms with E-state index in [4.69, 9.17) is 4.74 Å². The molecule has 0 saturated carbocycles. The molecule has 6 nitrogen and oxygen atoms in total. The summed E-state index contributed by atoms with van der Waals surface area (Å²) in [6.45, 7) is 9.87. The Hall–Kier alpha value is -1.93. The normalized spacial score (nSPS) is 12.1. The number of nitrogens with zero attached hydrogens (tertiary/aromatic N) is 3. The van der Waals surface area contributed by atoms with E-state index < -0.39 is 10.0 Å². The Balaban J connectivity index is 1.90. The molecule has 0 spiro atoms. The van der Waals surface area contributed by atoms with E-state index in [1.807, 2.05) is 73.6 Å². The Labute approximate surface area is 201 Å². The van der Waals surface area contributed by atoms with Crippen LogP contribution in [0.1, 0.15) is 31.4 Å². The van der Waals surface area contributed by atoms with Gasteiger partial charge in [-0.1, -0.05) is 56.3 Å². The maximum atomic E-state index is 13.1. The molecular formula is C26H41N3O3S. The van der Waals surface area contributed by atoms with Crippen LogP contribution in [0.25, 0.3) is 0 Å². The zero-order chi connectivity index (χ0) is 24.1. The molecule has 0 atom stereocenters. The van der Waals surface area contributed by atoms with E-state index in [-0.39, 0.29) is 5.75 Å². The summed E-state index contributed by atoms with van der Waals surface area (Å²) >= 11 is 0. The Morgan fingerprint density at radius 2 is 1.45 bits per heavy atom. The number of hydrogen-bond donors (Lipinski definition) is 0. The number of benzene rings is 2. The van der Waals surface area contributed by atoms with Gasteiger partial charge in [0.25, 0.3) is 0 Å². The third-order valence-electron chi connectivity index (χ3n) is 5.74. The standard InChI is InChI=1S/C26H41N3O3S/c1-5-28(6-2)18-10-22-32-26-15-13-24(14-16-26)17-19-29(21-20-27(3)4)33(30,31)23-25-11-8-7-9-12-25/h7-9,11-16H,5-6,10,17-23H2,1-4H3. The minimum absolute atomic E-state index is 0.0293. The fourth-order valence-corrected chi connectivity index (χ4v) is 5.13. The van der Waals surface area contributed by atoms with E-state index >= 15 is 0 Å². The maximum Gasteiger partial charge on any atom is 0.218 e. The van der Waals surface area contributed by atoms with E-state index in [0.717, 1.165) is 42.9 Å². The van der Waals surface area contributed by atoms with Gasteiger partial charge < -0.3 is 14.5 Å². The molecule has 2 aromatic carbocycles. The van der Waals surface area contributed by atoms with Crippen LogP contribution in [0.2, 0.25) is 0 Å². The highest BCUT2D eigenvalue weighted by atomic mass is 32.2. The molecule has 0 unspecified atom stereocenters. The summed E-state index contributed by atoms with van der Waals surface area (Å²) in [5.41, 5.74) is 1.92. The fourth-order valence-electron chi connectivity index (χ4n) is 3.60. The van der Waals surface area contributed by atoms with Crippen LogP contribution in [0.5, 0.6) is 5.75 Å². The third kappa shape index (κ3) is 10.3. The lowest BCUT2D eigenvalue weighted by Crippen LogP contribution is -2.38. The second-order valence-electron chi connectivity index (χ2n) is 8.57. The Kier molecular flexibility index (Phi) is 11.9. The molecule has 184 valence electrons. The zero-order valence-electron chi connectivity index (χ0n) is 20.7. The van der Waals surface area contributed by atoms with Gasteiger partial charge in [-0.3, -0.25) is 0 Å². The van der Waals surface area contributed by atoms with Gasteiger partial charge in [0.1, 0.15) is 5.75 Å². The van der Waals surface area contributed by atoms with Crippen LogP contribution in [0, 0.1) is 0 Å². The van der Waals surface area contributed by atoms with Crippen molar-refractivity contribution in [3.8, 4) is 5.75 Å². The highest BCUT2D eigenvalue weighted by Crippen LogP contribution is 2.16. The lowest BCUT2D eigenvalue weighted by molar-refractivity contribution is 0.249. The average molecular weight is 476 g/mol. The number of sulfonamides is 1. The molecule has 33 heavy (non-hydrogen) atoms. The van der Waals surface area contributed by atoms with E-state index in [0.29, 0.717) is 32.7 Å². The van der Waals surface area contributed by atoms with E-state index in [2.05, 4.69) is 18.7 Å². The first-order chi connectivity index (χ1) is 15.8. The van der Waals surface area contributed by atoms with Crippen molar-refractivity contribution in [1.82, 2.24) is 14.1 Å². The molecule has 0 N–H and O–H groups in total. The summed E-state index contributed by atoms with van der Waals surface area (Å²) < 4.78 is 33.7. The van der Waals surface area contributed by atoms with E-state index in [1.165, 1.54) is 0 Å². The zero-order valence-corrected chi connectivity index (χ0v) is 21.6. The SMILES string of the molecule is CCN(CC)CCCOc1ccc(CCN(CCN(C)C)S(=O)(=O)Cc2ccccc2)cc1. The van der Waals surface area contributed by atoms with Gasteiger partial charge in [-0.25, -0.2) is 12.7 Å². The van der Waals surface area contributed by atoms with Gasteiger partial charge in [-0.05, 0) is 63.3 Å². The van der Waals surface area contributed by atoms with Crippen LogP contribution in [-0.4, -0.2) is 82.5 Å². The molecule has 0 amide bonds. The van der Waals surface area contributed by atoms with Crippen molar-refractivity contribution >= 4 is 10.0 Å². The monoisotopic (exact) mass is 475 g/mol. The summed E-state index contributed by atoms with van der Waals surface area (Å²) in [7, 11) is 0.524. The number of rotatable bonds is 16. The largest absolute Gasteiger partial charge is 0.494 e. The number of likely N-dealkylation sites (N-methyl/N-ethyl adjacent to an activating group) is 1. The van der Waals surface area contributed by atoms with Crippen molar-refractivity contribution in [3.63, 3.8) is 0 Å². The maximum absolute atomic E-state index is 13.1. The van der Waals surface area contributed by atoms with E-state index in [1.54, 1.807) is 4.31 Å². The summed E-state index contributed by atoms with van der Waals surface area (Å²) in [4.78, 5) is 4.40. The van der Waals surface area contributed by atoms with Crippen LogP contribution in [0.4, 0.5) is 0 Å². The molecule has 7 heteroatoms. The van der Waals surface area contributed by atoms with Gasteiger partial charge in [0.2, 0.25) is 10.0 Å². The summed E-state index contributed by atoms with van der Waals surface area (Å²) in [6, 6.07) is 17.4. The molecule has 0 aliphatic carbocycles. The smallest absolute Gasteiger partial charge is 0.218 e. The predicted octanol–water partition coefficient (Wildman–Crippen LogP) is 3.73. The molecule has 0 aliphatic rings. The topological polar surface area (TPSA) is 53.1 Å². The molecule has 2 aromatic rings. The molecular weight excluding hydrogens is 434 g/mol. The number of ether oxygens (including phenoxy) is 1. The van der Waals surface area contributed by atoms with Crippen LogP contribution in [0.15, 0.2) is 54.6 Å². The van der Waals surface area contributed by atoms with Crippen molar-refractivity contribution in [2.75, 3.05) is 60.0 Å². The highest BCUT2D eigenvalue weighted by molar-refractivity contribution is 7.88. The molecule has 0 radical (unpaired) electrons.